The van der Waals surface area contributed by atoms with Gasteiger partial charge < -0.3 is 10.6 Å². The zero-order valence-electron chi connectivity index (χ0n) is 14.0. The first-order chi connectivity index (χ1) is 10.1. The molecule has 0 spiro atoms. The van der Waals surface area contributed by atoms with Gasteiger partial charge in [-0.2, -0.15) is 0 Å². The van der Waals surface area contributed by atoms with Gasteiger partial charge in [0.05, 0.1) is 5.56 Å². The normalized spacial score (nSPS) is 12.0. The average molecular weight is 290 g/mol. The van der Waals surface area contributed by atoms with Crippen LogP contribution >= 0.6 is 0 Å². The largest absolute Gasteiger partial charge is 0.385 e. The molecule has 21 heavy (non-hydrogen) atoms. The standard InChI is InChI=1S/C18H30N2O/c1-5-8-9-15(6-2)13-20-18(21)16-12-14(4)10-11-17(16)19-7-3/h10-12,15,19H,5-9,13H2,1-4H3,(H,20,21). The van der Waals surface area contributed by atoms with Crippen LogP contribution in [0.4, 0.5) is 5.69 Å². The minimum Gasteiger partial charge on any atom is -0.385 e. The predicted octanol–water partition coefficient (Wildman–Crippen LogP) is 4.37. The van der Waals surface area contributed by atoms with Gasteiger partial charge >= 0.3 is 0 Å². The van der Waals surface area contributed by atoms with E-state index >= 15 is 0 Å². The summed E-state index contributed by atoms with van der Waals surface area (Å²) in [5.74, 6) is 0.617. The summed E-state index contributed by atoms with van der Waals surface area (Å²) < 4.78 is 0. The molecule has 118 valence electrons. The molecule has 0 saturated carbocycles. The lowest BCUT2D eigenvalue weighted by Gasteiger charge is -2.17. The maximum atomic E-state index is 12.4. The van der Waals surface area contributed by atoms with Crippen LogP contribution in [0.5, 0.6) is 0 Å². The molecule has 2 N–H and O–H groups in total. The molecule has 0 radical (unpaired) electrons. The van der Waals surface area contributed by atoms with Crippen LogP contribution in [-0.4, -0.2) is 19.0 Å². The molecule has 1 aromatic rings. The van der Waals surface area contributed by atoms with Crippen LogP contribution in [-0.2, 0) is 0 Å². The van der Waals surface area contributed by atoms with Gasteiger partial charge in [0.15, 0.2) is 0 Å². The number of aryl methyl sites for hydroxylation is 1. The number of nitrogens with one attached hydrogen (secondary N) is 2. The Kier molecular flexibility index (Phi) is 7.88. The van der Waals surface area contributed by atoms with Gasteiger partial charge in [-0.15, -0.1) is 0 Å². The molecule has 1 amide bonds. The van der Waals surface area contributed by atoms with Gasteiger partial charge in [-0.05, 0) is 38.3 Å². The second-order valence-electron chi connectivity index (χ2n) is 5.71. The molecule has 0 aliphatic carbocycles. The predicted molar refractivity (Wildman–Crippen MR) is 91.0 cm³/mol. The number of rotatable bonds is 9. The highest BCUT2D eigenvalue weighted by molar-refractivity contribution is 5.99. The van der Waals surface area contributed by atoms with Crippen molar-refractivity contribution in [1.82, 2.24) is 5.32 Å². The van der Waals surface area contributed by atoms with E-state index < -0.39 is 0 Å². The Balaban J connectivity index is 2.68. The van der Waals surface area contributed by atoms with E-state index in [4.69, 9.17) is 0 Å². The summed E-state index contributed by atoms with van der Waals surface area (Å²) in [4.78, 5) is 12.4. The molecule has 0 aliphatic rings. The minimum absolute atomic E-state index is 0.0320. The molecule has 0 saturated heterocycles. The number of benzene rings is 1. The highest BCUT2D eigenvalue weighted by atomic mass is 16.1. The van der Waals surface area contributed by atoms with E-state index in [0.29, 0.717) is 5.92 Å². The van der Waals surface area contributed by atoms with Crippen molar-refractivity contribution < 1.29 is 4.79 Å². The molecule has 1 unspecified atom stereocenters. The fourth-order valence-corrected chi connectivity index (χ4v) is 2.47. The van der Waals surface area contributed by atoms with Crippen LogP contribution in [0.25, 0.3) is 0 Å². The Bertz CT molecular complexity index is 443. The van der Waals surface area contributed by atoms with Crippen molar-refractivity contribution in [2.75, 3.05) is 18.4 Å². The molecule has 1 atom stereocenters. The molecule has 0 bridgehead atoms. The summed E-state index contributed by atoms with van der Waals surface area (Å²) in [6.45, 7) is 10.1. The number of unbranched alkanes of at least 4 members (excludes halogenated alkanes) is 1. The summed E-state index contributed by atoms with van der Waals surface area (Å²) in [6, 6.07) is 5.98. The molecular formula is C18H30N2O. The third-order valence-corrected chi connectivity index (χ3v) is 3.88. The summed E-state index contributed by atoms with van der Waals surface area (Å²) in [5, 5.41) is 6.37. The van der Waals surface area contributed by atoms with E-state index in [-0.39, 0.29) is 5.91 Å². The van der Waals surface area contributed by atoms with E-state index in [0.717, 1.165) is 36.3 Å². The van der Waals surface area contributed by atoms with Gasteiger partial charge in [-0.25, -0.2) is 0 Å². The number of carbonyl (C=O) groups is 1. The molecule has 1 rings (SSSR count). The Morgan fingerprint density at radius 3 is 2.62 bits per heavy atom. The fourth-order valence-electron chi connectivity index (χ4n) is 2.47. The van der Waals surface area contributed by atoms with E-state index in [1.54, 1.807) is 0 Å². The van der Waals surface area contributed by atoms with E-state index in [2.05, 4.69) is 24.5 Å². The van der Waals surface area contributed by atoms with Crippen molar-refractivity contribution in [3.05, 3.63) is 29.3 Å². The molecule has 0 heterocycles. The zero-order chi connectivity index (χ0) is 15.7. The minimum atomic E-state index is 0.0320. The summed E-state index contributed by atoms with van der Waals surface area (Å²) in [6.07, 6.45) is 4.77. The van der Waals surface area contributed by atoms with Gasteiger partial charge in [0.2, 0.25) is 0 Å². The number of carbonyl (C=O) groups excluding carboxylic acids is 1. The first kappa shape index (κ1) is 17.5. The molecule has 3 heteroatoms. The zero-order valence-corrected chi connectivity index (χ0v) is 14.0. The van der Waals surface area contributed by atoms with E-state index in [1.807, 2.05) is 32.0 Å². The topological polar surface area (TPSA) is 41.1 Å². The monoisotopic (exact) mass is 290 g/mol. The highest BCUT2D eigenvalue weighted by Crippen LogP contribution is 2.18. The van der Waals surface area contributed by atoms with Crippen molar-refractivity contribution >= 4 is 11.6 Å². The lowest BCUT2D eigenvalue weighted by molar-refractivity contribution is 0.0946. The second-order valence-corrected chi connectivity index (χ2v) is 5.71. The second kappa shape index (κ2) is 9.43. The number of hydrogen-bond donors (Lipinski definition) is 2. The van der Waals surface area contributed by atoms with Crippen molar-refractivity contribution in [3.8, 4) is 0 Å². The number of amides is 1. The van der Waals surface area contributed by atoms with E-state index in [9.17, 15) is 4.79 Å². The molecule has 3 nitrogen and oxygen atoms in total. The Hall–Kier alpha value is -1.51. The third kappa shape index (κ3) is 5.78. The quantitative estimate of drug-likeness (QED) is 0.709. The van der Waals surface area contributed by atoms with Gasteiger partial charge in [-0.3, -0.25) is 4.79 Å². The summed E-state index contributed by atoms with van der Waals surface area (Å²) in [5.41, 5.74) is 2.78. The van der Waals surface area contributed by atoms with Crippen molar-refractivity contribution in [2.45, 2.75) is 53.4 Å². The summed E-state index contributed by atoms with van der Waals surface area (Å²) >= 11 is 0. The Morgan fingerprint density at radius 2 is 2.00 bits per heavy atom. The van der Waals surface area contributed by atoms with Crippen LogP contribution in [0.3, 0.4) is 0 Å². The maximum Gasteiger partial charge on any atom is 0.253 e. The van der Waals surface area contributed by atoms with Gasteiger partial charge in [0, 0.05) is 18.8 Å². The summed E-state index contributed by atoms with van der Waals surface area (Å²) in [7, 11) is 0. The first-order valence-electron chi connectivity index (χ1n) is 8.25. The maximum absolute atomic E-state index is 12.4. The van der Waals surface area contributed by atoms with Crippen LogP contribution in [0.15, 0.2) is 18.2 Å². The lowest BCUT2D eigenvalue weighted by Crippen LogP contribution is -2.29. The van der Waals surface area contributed by atoms with Crippen LogP contribution in [0, 0.1) is 12.8 Å². The molecule has 0 fully saturated rings. The smallest absolute Gasteiger partial charge is 0.253 e. The first-order valence-corrected chi connectivity index (χ1v) is 8.25. The van der Waals surface area contributed by atoms with Gasteiger partial charge in [0.25, 0.3) is 5.91 Å². The SMILES string of the molecule is CCCCC(CC)CNC(=O)c1cc(C)ccc1NCC. The van der Waals surface area contributed by atoms with Crippen molar-refractivity contribution in [1.29, 1.82) is 0 Å². The molecule has 0 aromatic heterocycles. The van der Waals surface area contributed by atoms with Crippen molar-refractivity contribution in [3.63, 3.8) is 0 Å². The molecular weight excluding hydrogens is 260 g/mol. The Morgan fingerprint density at radius 1 is 1.24 bits per heavy atom. The van der Waals surface area contributed by atoms with Crippen LogP contribution in [0.1, 0.15) is 62.4 Å². The molecule has 1 aromatic carbocycles. The number of hydrogen-bond acceptors (Lipinski definition) is 2. The number of anilines is 1. The fraction of sp³-hybridized carbons (Fsp3) is 0.611. The van der Waals surface area contributed by atoms with Crippen LogP contribution < -0.4 is 10.6 Å². The van der Waals surface area contributed by atoms with Crippen LogP contribution in [0.2, 0.25) is 0 Å². The van der Waals surface area contributed by atoms with Gasteiger partial charge in [0.1, 0.15) is 0 Å². The lowest BCUT2D eigenvalue weighted by atomic mass is 9.99. The van der Waals surface area contributed by atoms with Gasteiger partial charge in [-0.1, -0.05) is 44.7 Å². The third-order valence-electron chi connectivity index (χ3n) is 3.88. The highest BCUT2D eigenvalue weighted by Gasteiger charge is 2.13. The average Bonchev–Trinajstić information content (AvgIpc) is 2.49. The van der Waals surface area contributed by atoms with E-state index in [1.165, 1.54) is 19.3 Å². The molecule has 0 aliphatic heterocycles. The van der Waals surface area contributed by atoms with Crippen molar-refractivity contribution in [2.24, 2.45) is 5.92 Å². The Labute approximate surface area is 129 Å².